The van der Waals surface area contributed by atoms with E-state index in [1.165, 1.54) is 5.56 Å². The van der Waals surface area contributed by atoms with Crippen molar-refractivity contribution in [3.63, 3.8) is 0 Å². The van der Waals surface area contributed by atoms with Crippen molar-refractivity contribution in [1.82, 2.24) is 29.4 Å². The summed E-state index contributed by atoms with van der Waals surface area (Å²) in [7, 11) is 0. The summed E-state index contributed by atoms with van der Waals surface area (Å²) in [6.45, 7) is 11.0. The van der Waals surface area contributed by atoms with E-state index >= 15 is 0 Å². The van der Waals surface area contributed by atoms with Crippen molar-refractivity contribution in [2.24, 2.45) is 5.92 Å². The van der Waals surface area contributed by atoms with Crippen molar-refractivity contribution in [3.05, 3.63) is 33.8 Å². The van der Waals surface area contributed by atoms with E-state index in [9.17, 15) is 4.79 Å². The summed E-state index contributed by atoms with van der Waals surface area (Å²) in [5, 5.41) is 11.3. The van der Waals surface area contributed by atoms with E-state index in [0.717, 1.165) is 57.0 Å². The fraction of sp³-hybridized carbons (Fsp3) is 0.706. The van der Waals surface area contributed by atoms with Gasteiger partial charge in [-0.05, 0) is 52.6 Å². The van der Waals surface area contributed by atoms with Gasteiger partial charge in [0.1, 0.15) is 5.82 Å². The van der Waals surface area contributed by atoms with Crippen LogP contribution in [0.15, 0.2) is 11.0 Å². The summed E-state index contributed by atoms with van der Waals surface area (Å²) in [5.74, 6) is 1.52. The van der Waals surface area contributed by atoms with Crippen molar-refractivity contribution >= 4 is 0 Å². The van der Waals surface area contributed by atoms with Crippen molar-refractivity contribution in [2.45, 2.75) is 59.7 Å². The monoisotopic (exact) mass is 332 g/mol. The number of hydrogen-bond acceptors (Lipinski definition) is 4. The molecule has 0 radical (unpaired) electrons. The summed E-state index contributed by atoms with van der Waals surface area (Å²) in [4.78, 5) is 14.2. The van der Waals surface area contributed by atoms with E-state index in [2.05, 4.69) is 40.2 Å². The standard InChI is InChI=1S/C17H28N6O/c1-4-22-12-15(13(3)20-22)11-21-8-6-14(7-9-21)10-16-18-19-17(24)23(16)5-2/h12,14H,4-11H2,1-3H3,(H,19,24). The average Bonchev–Trinajstić information content (AvgIpc) is 3.12. The molecule has 2 aromatic heterocycles. The Balaban J connectivity index is 1.54. The first-order chi connectivity index (χ1) is 11.6. The number of H-pyrrole nitrogens is 1. The second kappa shape index (κ2) is 7.34. The molecule has 1 aliphatic heterocycles. The predicted octanol–water partition coefficient (Wildman–Crippen LogP) is 1.57. The summed E-state index contributed by atoms with van der Waals surface area (Å²) in [6.07, 6.45) is 5.38. The number of aromatic amines is 1. The van der Waals surface area contributed by atoms with Gasteiger partial charge in [-0.2, -0.15) is 10.2 Å². The number of likely N-dealkylation sites (tertiary alicyclic amines) is 1. The van der Waals surface area contributed by atoms with Crippen LogP contribution in [-0.2, 0) is 26.1 Å². The van der Waals surface area contributed by atoms with Crippen molar-refractivity contribution in [2.75, 3.05) is 13.1 Å². The molecule has 0 atom stereocenters. The molecule has 0 spiro atoms. The van der Waals surface area contributed by atoms with Crippen LogP contribution in [0.3, 0.4) is 0 Å². The Hall–Kier alpha value is -1.89. The van der Waals surface area contributed by atoms with Crippen LogP contribution < -0.4 is 5.69 Å². The zero-order valence-corrected chi connectivity index (χ0v) is 15.0. The number of nitrogens with zero attached hydrogens (tertiary/aromatic N) is 5. The summed E-state index contributed by atoms with van der Waals surface area (Å²) in [5.41, 5.74) is 2.39. The van der Waals surface area contributed by atoms with E-state index in [1.54, 1.807) is 4.57 Å². The maximum absolute atomic E-state index is 11.7. The molecule has 0 saturated carbocycles. The minimum absolute atomic E-state index is 0.0895. The average molecular weight is 332 g/mol. The minimum Gasteiger partial charge on any atom is -0.299 e. The highest BCUT2D eigenvalue weighted by atomic mass is 16.1. The Morgan fingerprint density at radius 1 is 1.25 bits per heavy atom. The van der Waals surface area contributed by atoms with E-state index < -0.39 is 0 Å². The molecule has 7 nitrogen and oxygen atoms in total. The van der Waals surface area contributed by atoms with Gasteiger partial charge in [0.05, 0.1) is 5.69 Å². The number of aromatic nitrogens is 5. The molecule has 1 aliphatic rings. The fourth-order valence-electron chi connectivity index (χ4n) is 3.56. The molecule has 3 heterocycles. The summed E-state index contributed by atoms with van der Waals surface area (Å²) in [6, 6.07) is 0. The van der Waals surface area contributed by atoms with Gasteiger partial charge in [0, 0.05) is 37.8 Å². The first kappa shape index (κ1) is 17.0. The van der Waals surface area contributed by atoms with Gasteiger partial charge in [-0.1, -0.05) is 0 Å². The highest BCUT2D eigenvalue weighted by molar-refractivity contribution is 5.15. The van der Waals surface area contributed by atoms with Crippen LogP contribution in [0.5, 0.6) is 0 Å². The molecule has 0 amide bonds. The van der Waals surface area contributed by atoms with Crippen molar-refractivity contribution in [1.29, 1.82) is 0 Å². The zero-order chi connectivity index (χ0) is 17.1. The topological polar surface area (TPSA) is 71.7 Å². The smallest absolute Gasteiger partial charge is 0.299 e. The lowest BCUT2D eigenvalue weighted by atomic mass is 9.93. The number of aryl methyl sites for hydroxylation is 2. The first-order valence-corrected chi connectivity index (χ1v) is 9.00. The van der Waals surface area contributed by atoms with Crippen LogP contribution in [0.25, 0.3) is 0 Å². The third kappa shape index (κ3) is 3.61. The highest BCUT2D eigenvalue weighted by Crippen LogP contribution is 2.22. The van der Waals surface area contributed by atoms with Crippen molar-refractivity contribution < 1.29 is 0 Å². The van der Waals surface area contributed by atoms with Crippen LogP contribution in [0, 0.1) is 12.8 Å². The van der Waals surface area contributed by atoms with Crippen LogP contribution in [0.2, 0.25) is 0 Å². The van der Waals surface area contributed by atoms with Crippen molar-refractivity contribution in [3.8, 4) is 0 Å². The van der Waals surface area contributed by atoms with Crippen LogP contribution in [0.4, 0.5) is 0 Å². The molecule has 0 aliphatic carbocycles. The van der Waals surface area contributed by atoms with Crippen LogP contribution in [-0.4, -0.2) is 42.5 Å². The number of nitrogens with one attached hydrogen (secondary N) is 1. The Kier molecular flexibility index (Phi) is 5.18. The lowest BCUT2D eigenvalue weighted by Gasteiger charge is -2.31. The van der Waals surface area contributed by atoms with Gasteiger partial charge in [0.25, 0.3) is 0 Å². The molecule has 132 valence electrons. The molecular weight excluding hydrogens is 304 g/mol. The maximum atomic E-state index is 11.7. The second-order valence-corrected chi connectivity index (χ2v) is 6.71. The fourth-order valence-corrected chi connectivity index (χ4v) is 3.56. The Labute approximate surface area is 142 Å². The number of rotatable bonds is 6. The number of hydrogen-bond donors (Lipinski definition) is 1. The number of piperidine rings is 1. The van der Waals surface area contributed by atoms with E-state index in [1.807, 2.05) is 11.6 Å². The van der Waals surface area contributed by atoms with Crippen LogP contribution in [0.1, 0.15) is 43.8 Å². The molecule has 0 unspecified atom stereocenters. The van der Waals surface area contributed by atoms with Gasteiger partial charge in [-0.15, -0.1) is 0 Å². The van der Waals surface area contributed by atoms with E-state index in [4.69, 9.17) is 0 Å². The molecule has 7 heteroatoms. The summed E-state index contributed by atoms with van der Waals surface area (Å²) < 4.78 is 3.76. The maximum Gasteiger partial charge on any atom is 0.343 e. The SMILES string of the molecule is CCn1cc(CN2CCC(Cc3n[nH]c(=O)n3CC)CC2)c(C)n1. The molecular formula is C17H28N6O. The largest absolute Gasteiger partial charge is 0.343 e. The first-order valence-electron chi connectivity index (χ1n) is 9.00. The van der Waals surface area contributed by atoms with E-state index in [-0.39, 0.29) is 5.69 Å². The third-order valence-corrected chi connectivity index (χ3v) is 5.10. The lowest BCUT2D eigenvalue weighted by Crippen LogP contribution is -2.34. The van der Waals surface area contributed by atoms with Gasteiger partial charge in [-0.3, -0.25) is 14.1 Å². The molecule has 24 heavy (non-hydrogen) atoms. The Bertz CT molecular complexity index is 720. The molecule has 1 fully saturated rings. The quantitative estimate of drug-likeness (QED) is 0.871. The highest BCUT2D eigenvalue weighted by Gasteiger charge is 2.22. The molecule has 3 rings (SSSR count). The van der Waals surface area contributed by atoms with Gasteiger partial charge in [0.2, 0.25) is 0 Å². The predicted molar refractivity (Wildman–Crippen MR) is 92.9 cm³/mol. The second-order valence-electron chi connectivity index (χ2n) is 6.71. The third-order valence-electron chi connectivity index (χ3n) is 5.10. The molecule has 1 saturated heterocycles. The minimum atomic E-state index is -0.0895. The van der Waals surface area contributed by atoms with Gasteiger partial charge < -0.3 is 0 Å². The normalized spacial score (nSPS) is 16.8. The van der Waals surface area contributed by atoms with E-state index in [0.29, 0.717) is 12.5 Å². The Morgan fingerprint density at radius 3 is 2.62 bits per heavy atom. The van der Waals surface area contributed by atoms with Gasteiger partial charge in [0.15, 0.2) is 0 Å². The van der Waals surface area contributed by atoms with Crippen LogP contribution >= 0.6 is 0 Å². The molecule has 1 N–H and O–H groups in total. The summed E-state index contributed by atoms with van der Waals surface area (Å²) >= 11 is 0. The molecule has 0 aromatic carbocycles. The lowest BCUT2D eigenvalue weighted by molar-refractivity contribution is 0.175. The molecule has 2 aromatic rings. The Morgan fingerprint density at radius 2 is 2.00 bits per heavy atom. The molecule has 0 bridgehead atoms. The van der Waals surface area contributed by atoms with Gasteiger partial charge >= 0.3 is 5.69 Å². The zero-order valence-electron chi connectivity index (χ0n) is 15.0. The van der Waals surface area contributed by atoms with Gasteiger partial charge in [-0.25, -0.2) is 9.89 Å².